The van der Waals surface area contributed by atoms with E-state index in [1.807, 2.05) is 4.68 Å². The van der Waals surface area contributed by atoms with Crippen molar-refractivity contribution in [2.75, 3.05) is 0 Å². The summed E-state index contributed by atoms with van der Waals surface area (Å²) in [7, 11) is 0. The zero-order valence-corrected chi connectivity index (χ0v) is 23.4. The first kappa shape index (κ1) is 25.4. The van der Waals surface area contributed by atoms with Gasteiger partial charge in [0.2, 0.25) is 5.69 Å². The minimum Gasteiger partial charge on any atom is -0.220 e. The third kappa shape index (κ3) is 4.11. The third-order valence-electron chi connectivity index (χ3n) is 8.91. The van der Waals surface area contributed by atoms with Crippen LogP contribution in [0, 0.1) is 13.8 Å². The van der Waals surface area contributed by atoms with Crippen LogP contribution >= 0.6 is 0 Å². The molecule has 4 nitrogen and oxygen atoms in total. The van der Waals surface area contributed by atoms with Gasteiger partial charge in [0.05, 0.1) is 17.4 Å². The lowest BCUT2D eigenvalue weighted by atomic mass is 9.69. The minimum atomic E-state index is 0.109. The first-order valence-corrected chi connectivity index (χ1v) is 14.2. The Morgan fingerprint density at radius 1 is 0.973 bits per heavy atom. The monoisotopic (exact) mass is 493 g/mol. The average Bonchev–Trinajstić information content (AvgIpc) is 3.41. The lowest BCUT2D eigenvalue weighted by molar-refractivity contribution is -0.762. The van der Waals surface area contributed by atoms with Gasteiger partial charge in [-0.2, -0.15) is 4.57 Å². The molecule has 0 aliphatic carbocycles. The summed E-state index contributed by atoms with van der Waals surface area (Å²) in [6, 6.07) is 18.0. The van der Waals surface area contributed by atoms with Crippen molar-refractivity contribution in [1.82, 2.24) is 15.0 Å². The second-order valence-corrected chi connectivity index (χ2v) is 10.7. The molecule has 37 heavy (non-hydrogen) atoms. The summed E-state index contributed by atoms with van der Waals surface area (Å²) in [5.41, 5.74) is 11.4. The molecular formula is C33H41N4+. The molecule has 1 atom stereocenters. The molecule has 4 heteroatoms. The number of nitrogens with zero attached hydrogens (tertiary/aromatic N) is 4. The van der Waals surface area contributed by atoms with Crippen LogP contribution < -0.4 is 4.57 Å². The van der Waals surface area contributed by atoms with Gasteiger partial charge in [-0.25, -0.2) is 4.68 Å². The Labute approximate surface area is 222 Å². The number of hydrogen-bond acceptors (Lipinski definition) is 2. The van der Waals surface area contributed by atoms with Crippen LogP contribution in [0.3, 0.4) is 0 Å². The van der Waals surface area contributed by atoms with Gasteiger partial charge in [0.1, 0.15) is 5.69 Å². The van der Waals surface area contributed by atoms with E-state index in [0.29, 0.717) is 5.92 Å². The maximum Gasteiger partial charge on any atom is 0.213 e. The van der Waals surface area contributed by atoms with Crippen molar-refractivity contribution in [3.8, 4) is 28.2 Å². The highest BCUT2D eigenvalue weighted by atomic mass is 15.4. The Morgan fingerprint density at radius 3 is 2.51 bits per heavy atom. The molecule has 0 N–H and O–H groups in total. The summed E-state index contributed by atoms with van der Waals surface area (Å²) in [5, 5.41) is 9.25. The fourth-order valence-corrected chi connectivity index (χ4v) is 6.83. The Kier molecular flexibility index (Phi) is 7.02. The van der Waals surface area contributed by atoms with Gasteiger partial charge in [-0.3, -0.25) is 0 Å². The van der Waals surface area contributed by atoms with Crippen LogP contribution in [0.2, 0.25) is 0 Å². The summed E-state index contributed by atoms with van der Waals surface area (Å²) in [6.45, 7) is 13.7. The van der Waals surface area contributed by atoms with Crippen LogP contribution in [0.1, 0.15) is 88.0 Å². The zero-order chi connectivity index (χ0) is 26.2. The summed E-state index contributed by atoms with van der Waals surface area (Å²) in [6.07, 6.45) is 11.3. The fourth-order valence-electron chi connectivity index (χ4n) is 6.83. The quantitative estimate of drug-likeness (QED) is 0.234. The van der Waals surface area contributed by atoms with Crippen molar-refractivity contribution in [2.24, 2.45) is 0 Å². The highest BCUT2D eigenvalue weighted by Crippen LogP contribution is 2.47. The molecule has 0 fully saturated rings. The Balaban J connectivity index is 1.59. The zero-order valence-electron chi connectivity index (χ0n) is 23.4. The molecule has 192 valence electrons. The first-order valence-electron chi connectivity index (χ1n) is 14.2. The second-order valence-electron chi connectivity index (χ2n) is 10.7. The van der Waals surface area contributed by atoms with Crippen molar-refractivity contribution in [2.45, 2.75) is 91.5 Å². The summed E-state index contributed by atoms with van der Waals surface area (Å²) in [4.78, 5) is 0. The van der Waals surface area contributed by atoms with Gasteiger partial charge in [-0.05, 0) is 73.6 Å². The first-order chi connectivity index (χ1) is 18.0. The highest BCUT2D eigenvalue weighted by molar-refractivity contribution is 5.70. The van der Waals surface area contributed by atoms with Crippen LogP contribution in [0.4, 0.5) is 0 Å². The molecule has 1 aliphatic rings. The number of unbranched alkanes of at least 4 members (excludes halogenated alkanes) is 1. The topological polar surface area (TPSA) is 34.6 Å². The molecule has 1 aliphatic heterocycles. The SMILES string of the molecule is CCCCc1ccc(C)c(-c2cn(-c3ccc4c(c3)-c3cccc[n+]3C(CC)(CC)C4CC)nn2)c1C. The predicted octanol–water partition coefficient (Wildman–Crippen LogP) is 7.87. The molecule has 5 rings (SSSR count). The van der Waals surface area contributed by atoms with Gasteiger partial charge in [0, 0.05) is 36.5 Å². The van der Waals surface area contributed by atoms with E-state index < -0.39 is 0 Å². The molecule has 1 unspecified atom stereocenters. The van der Waals surface area contributed by atoms with Crippen LogP contribution in [-0.2, 0) is 12.0 Å². The largest absolute Gasteiger partial charge is 0.220 e. The van der Waals surface area contributed by atoms with Crippen molar-refractivity contribution >= 4 is 0 Å². The van der Waals surface area contributed by atoms with Crippen LogP contribution in [0.5, 0.6) is 0 Å². The number of rotatable bonds is 8. The van der Waals surface area contributed by atoms with E-state index in [4.69, 9.17) is 0 Å². The number of aryl methyl sites for hydroxylation is 2. The molecule has 0 bridgehead atoms. The summed E-state index contributed by atoms with van der Waals surface area (Å²) >= 11 is 0. The lowest BCUT2D eigenvalue weighted by Gasteiger charge is -2.39. The van der Waals surface area contributed by atoms with Crippen molar-refractivity contribution in [3.63, 3.8) is 0 Å². The molecule has 3 heterocycles. The Morgan fingerprint density at radius 2 is 1.78 bits per heavy atom. The predicted molar refractivity (Wildman–Crippen MR) is 152 cm³/mol. The number of aromatic nitrogens is 4. The fraction of sp³-hybridized carbons (Fsp3) is 0.424. The number of hydrogen-bond donors (Lipinski definition) is 0. The maximum absolute atomic E-state index is 4.65. The summed E-state index contributed by atoms with van der Waals surface area (Å²) in [5.74, 6) is 0.480. The Hall–Kier alpha value is -3.27. The molecule has 0 amide bonds. The van der Waals surface area contributed by atoms with Gasteiger partial charge < -0.3 is 0 Å². The van der Waals surface area contributed by atoms with Gasteiger partial charge >= 0.3 is 0 Å². The van der Waals surface area contributed by atoms with E-state index in [1.165, 1.54) is 51.9 Å². The Bertz CT molecular complexity index is 1410. The third-order valence-corrected chi connectivity index (χ3v) is 8.91. The minimum absolute atomic E-state index is 0.109. The molecule has 2 aromatic carbocycles. The van der Waals surface area contributed by atoms with Crippen LogP contribution in [-0.4, -0.2) is 15.0 Å². The van der Waals surface area contributed by atoms with Gasteiger partial charge in [-0.15, -0.1) is 5.10 Å². The lowest BCUT2D eigenvalue weighted by Crippen LogP contribution is -2.62. The van der Waals surface area contributed by atoms with Crippen molar-refractivity contribution in [1.29, 1.82) is 0 Å². The smallest absolute Gasteiger partial charge is 0.213 e. The normalized spacial score (nSPS) is 15.9. The number of fused-ring (bicyclic) bond motifs is 3. The molecule has 0 radical (unpaired) electrons. The molecule has 2 aromatic heterocycles. The van der Waals surface area contributed by atoms with E-state index in [9.17, 15) is 0 Å². The highest BCUT2D eigenvalue weighted by Gasteiger charge is 2.50. The van der Waals surface area contributed by atoms with Crippen LogP contribution in [0.25, 0.3) is 28.2 Å². The van der Waals surface area contributed by atoms with Gasteiger partial charge in [0.15, 0.2) is 11.7 Å². The molecule has 0 saturated heterocycles. The molecule has 0 saturated carbocycles. The van der Waals surface area contributed by atoms with Gasteiger partial charge in [-0.1, -0.05) is 57.5 Å². The van der Waals surface area contributed by atoms with Gasteiger partial charge in [0.25, 0.3) is 0 Å². The van der Waals surface area contributed by atoms with E-state index in [0.717, 1.165) is 37.1 Å². The standard InChI is InChI=1S/C33H41N4/c1-7-11-14-25-17-16-23(5)32(24(25)6)30-22-37(35-34-30)26-18-19-27-28(21-26)31-15-12-13-20-36(31)33(9-3,10-4)29(27)8-2/h12-13,15-22,29H,7-11,14H2,1-6H3/q+1. The molecular weight excluding hydrogens is 452 g/mol. The molecule has 0 spiro atoms. The number of pyridine rings is 1. The van der Waals surface area contributed by atoms with E-state index in [2.05, 4.69) is 117 Å². The average molecular weight is 494 g/mol. The summed E-state index contributed by atoms with van der Waals surface area (Å²) < 4.78 is 4.50. The second kappa shape index (κ2) is 10.2. The molecule has 4 aromatic rings. The maximum atomic E-state index is 4.65. The number of benzene rings is 2. The van der Waals surface area contributed by atoms with Crippen molar-refractivity contribution < 1.29 is 4.57 Å². The van der Waals surface area contributed by atoms with Crippen molar-refractivity contribution in [3.05, 3.63) is 83.2 Å². The van der Waals surface area contributed by atoms with E-state index in [1.54, 1.807) is 0 Å². The van der Waals surface area contributed by atoms with E-state index >= 15 is 0 Å². The van der Waals surface area contributed by atoms with Crippen LogP contribution in [0.15, 0.2) is 60.9 Å². The van der Waals surface area contributed by atoms with E-state index in [-0.39, 0.29) is 5.54 Å².